The number of nitrogens with zero attached hydrogens (tertiary/aromatic N) is 2. The number of aromatic nitrogens is 1. The van der Waals surface area contributed by atoms with Gasteiger partial charge in [0, 0.05) is 17.0 Å². The van der Waals surface area contributed by atoms with Crippen LogP contribution < -0.4 is 15.4 Å². The van der Waals surface area contributed by atoms with E-state index in [2.05, 4.69) is 35.5 Å². The van der Waals surface area contributed by atoms with Crippen LogP contribution in [0.3, 0.4) is 0 Å². The topological polar surface area (TPSA) is 58.5 Å². The fourth-order valence-electron chi connectivity index (χ4n) is 2.67. The van der Waals surface area contributed by atoms with Crippen molar-refractivity contribution in [3.05, 3.63) is 45.4 Å². The van der Waals surface area contributed by atoms with Gasteiger partial charge in [0.05, 0.1) is 30.4 Å². The van der Waals surface area contributed by atoms with Crippen molar-refractivity contribution in [1.29, 1.82) is 0 Å². The smallest absolute Gasteiger partial charge is 0.191 e. The van der Waals surface area contributed by atoms with Crippen molar-refractivity contribution in [3.63, 3.8) is 0 Å². The molecule has 3 rings (SSSR count). The van der Waals surface area contributed by atoms with Crippen LogP contribution >= 0.6 is 11.3 Å². The fourth-order valence-corrected chi connectivity index (χ4v) is 3.55. The molecule has 2 N–H and O–H groups in total. The molecule has 2 aromatic rings. The van der Waals surface area contributed by atoms with Crippen molar-refractivity contribution >= 4 is 17.3 Å². The number of para-hydroxylation sites is 1. The van der Waals surface area contributed by atoms with Crippen molar-refractivity contribution in [1.82, 2.24) is 15.6 Å². The van der Waals surface area contributed by atoms with Gasteiger partial charge >= 0.3 is 0 Å². The predicted octanol–water partition coefficient (Wildman–Crippen LogP) is 3.80. The highest BCUT2D eigenvalue weighted by atomic mass is 32.1. The summed E-state index contributed by atoms with van der Waals surface area (Å²) in [5, 5.41) is 7.82. The van der Waals surface area contributed by atoms with Crippen LogP contribution in [0.2, 0.25) is 0 Å². The molecule has 6 heteroatoms. The first-order valence-electron chi connectivity index (χ1n) is 9.31. The van der Waals surface area contributed by atoms with Gasteiger partial charge < -0.3 is 15.4 Å². The van der Waals surface area contributed by atoms with Crippen molar-refractivity contribution in [2.24, 2.45) is 10.9 Å². The lowest BCUT2D eigenvalue weighted by Gasteiger charge is -2.13. The van der Waals surface area contributed by atoms with E-state index in [9.17, 15) is 0 Å². The normalized spacial score (nSPS) is 14.3. The Kier molecular flexibility index (Phi) is 6.50. The largest absolute Gasteiger partial charge is 0.493 e. The first-order valence-corrected chi connectivity index (χ1v) is 10.1. The first kappa shape index (κ1) is 18.7. The lowest BCUT2D eigenvalue weighted by Crippen LogP contribution is -2.36. The molecule has 1 saturated carbocycles. The Labute approximate surface area is 159 Å². The van der Waals surface area contributed by atoms with Crippen LogP contribution in [0.4, 0.5) is 0 Å². The molecule has 1 aromatic heterocycles. The second-order valence-electron chi connectivity index (χ2n) is 6.65. The number of aryl methyl sites for hydroxylation is 2. The van der Waals surface area contributed by atoms with Crippen molar-refractivity contribution in [2.75, 3.05) is 13.2 Å². The standard InChI is InChI=1S/C20H28N4OS/c1-4-21-20(23-12-19-14(2)24-15(3)26-19)22-11-17-7-5-6-8-18(17)25-13-16-9-10-16/h5-8,16H,4,9-13H2,1-3H3,(H2,21,22,23). The number of ether oxygens (including phenoxy) is 1. The van der Waals surface area contributed by atoms with Crippen molar-refractivity contribution < 1.29 is 4.74 Å². The summed E-state index contributed by atoms with van der Waals surface area (Å²) < 4.78 is 5.98. The second-order valence-corrected chi connectivity index (χ2v) is 7.94. The highest BCUT2D eigenvalue weighted by Crippen LogP contribution is 2.30. The van der Waals surface area contributed by atoms with Crippen molar-refractivity contribution in [2.45, 2.75) is 46.7 Å². The molecule has 0 radical (unpaired) electrons. The number of aliphatic imine (C=N–C) groups is 1. The molecular formula is C20H28N4OS. The molecule has 0 aliphatic heterocycles. The molecular weight excluding hydrogens is 344 g/mol. The minimum absolute atomic E-state index is 0.594. The molecule has 140 valence electrons. The zero-order chi connectivity index (χ0) is 18.4. The van der Waals surface area contributed by atoms with Gasteiger partial charge in [0.1, 0.15) is 5.75 Å². The average Bonchev–Trinajstić information content (AvgIpc) is 3.40. The number of nitrogens with one attached hydrogen (secondary N) is 2. The van der Waals surface area contributed by atoms with E-state index in [-0.39, 0.29) is 0 Å². The second kappa shape index (κ2) is 9.03. The van der Waals surface area contributed by atoms with E-state index in [0.717, 1.165) is 53.6 Å². The van der Waals surface area contributed by atoms with Crippen LogP contribution in [0, 0.1) is 19.8 Å². The minimum atomic E-state index is 0.594. The third-order valence-electron chi connectivity index (χ3n) is 4.31. The first-order chi connectivity index (χ1) is 12.7. The van der Waals surface area contributed by atoms with Crippen LogP contribution in [-0.2, 0) is 13.1 Å². The van der Waals surface area contributed by atoms with Gasteiger partial charge in [-0.1, -0.05) is 18.2 Å². The maximum absolute atomic E-state index is 5.98. The molecule has 0 saturated heterocycles. The number of benzene rings is 1. The maximum Gasteiger partial charge on any atom is 0.191 e. The third kappa shape index (κ3) is 5.46. The van der Waals surface area contributed by atoms with Gasteiger partial charge in [-0.2, -0.15) is 0 Å². The maximum atomic E-state index is 5.98. The van der Waals surface area contributed by atoms with Gasteiger partial charge in [-0.15, -0.1) is 11.3 Å². The zero-order valence-electron chi connectivity index (χ0n) is 15.8. The van der Waals surface area contributed by atoms with Gasteiger partial charge in [0.2, 0.25) is 0 Å². The molecule has 1 heterocycles. The highest BCUT2D eigenvalue weighted by molar-refractivity contribution is 7.11. The number of guanidine groups is 1. The summed E-state index contributed by atoms with van der Waals surface area (Å²) in [5.41, 5.74) is 2.21. The third-order valence-corrected chi connectivity index (χ3v) is 5.38. The number of hydrogen-bond donors (Lipinski definition) is 2. The molecule has 0 unspecified atom stereocenters. The molecule has 0 spiro atoms. The zero-order valence-corrected chi connectivity index (χ0v) is 16.7. The van der Waals surface area contributed by atoms with Gasteiger partial charge in [0.25, 0.3) is 0 Å². The quantitative estimate of drug-likeness (QED) is 0.546. The van der Waals surface area contributed by atoms with Gasteiger partial charge in [-0.25, -0.2) is 9.98 Å². The lowest BCUT2D eigenvalue weighted by molar-refractivity contribution is 0.297. The van der Waals surface area contributed by atoms with Crippen molar-refractivity contribution in [3.8, 4) is 5.75 Å². The molecule has 1 aromatic carbocycles. The molecule has 0 atom stereocenters. The molecule has 1 aliphatic rings. The summed E-state index contributed by atoms with van der Waals surface area (Å²) in [6.45, 7) is 9.15. The average molecular weight is 373 g/mol. The van der Waals surface area contributed by atoms with E-state index in [1.54, 1.807) is 11.3 Å². The van der Waals surface area contributed by atoms with E-state index in [1.807, 2.05) is 25.1 Å². The molecule has 0 bridgehead atoms. The summed E-state index contributed by atoms with van der Waals surface area (Å²) >= 11 is 1.73. The SMILES string of the molecule is CCNC(=NCc1ccccc1OCC1CC1)NCc1sc(C)nc1C. The van der Waals surface area contributed by atoms with Crippen LogP contribution in [0.5, 0.6) is 5.75 Å². The van der Waals surface area contributed by atoms with Crippen LogP contribution in [0.1, 0.15) is 40.9 Å². The Morgan fingerprint density at radius 1 is 1.27 bits per heavy atom. The van der Waals surface area contributed by atoms with Gasteiger partial charge in [0.15, 0.2) is 5.96 Å². The lowest BCUT2D eigenvalue weighted by atomic mass is 10.2. The van der Waals surface area contributed by atoms with Crippen LogP contribution in [0.25, 0.3) is 0 Å². The summed E-state index contributed by atoms with van der Waals surface area (Å²) in [4.78, 5) is 10.5. The Hall–Kier alpha value is -2.08. The highest BCUT2D eigenvalue weighted by Gasteiger charge is 2.22. The Balaban J connectivity index is 1.62. The summed E-state index contributed by atoms with van der Waals surface area (Å²) in [7, 11) is 0. The van der Waals surface area contributed by atoms with E-state index >= 15 is 0 Å². The summed E-state index contributed by atoms with van der Waals surface area (Å²) in [6.07, 6.45) is 2.59. The van der Waals surface area contributed by atoms with E-state index < -0.39 is 0 Å². The number of thiazole rings is 1. The molecule has 5 nitrogen and oxygen atoms in total. The summed E-state index contributed by atoms with van der Waals surface area (Å²) in [6, 6.07) is 8.19. The minimum Gasteiger partial charge on any atom is -0.493 e. The molecule has 1 fully saturated rings. The monoisotopic (exact) mass is 372 g/mol. The van der Waals surface area contributed by atoms with E-state index in [4.69, 9.17) is 9.73 Å². The molecule has 26 heavy (non-hydrogen) atoms. The van der Waals surface area contributed by atoms with Gasteiger partial charge in [-0.3, -0.25) is 0 Å². The van der Waals surface area contributed by atoms with Crippen LogP contribution in [-0.4, -0.2) is 24.1 Å². The van der Waals surface area contributed by atoms with E-state index in [0.29, 0.717) is 6.54 Å². The Morgan fingerprint density at radius 2 is 2.08 bits per heavy atom. The Morgan fingerprint density at radius 3 is 2.77 bits per heavy atom. The molecule has 1 aliphatic carbocycles. The van der Waals surface area contributed by atoms with Crippen LogP contribution in [0.15, 0.2) is 29.3 Å². The molecule has 0 amide bonds. The fraction of sp³-hybridized carbons (Fsp3) is 0.500. The number of hydrogen-bond acceptors (Lipinski definition) is 4. The summed E-state index contributed by atoms with van der Waals surface area (Å²) in [5.74, 6) is 2.51. The predicted molar refractivity (Wildman–Crippen MR) is 108 cm³/mol. The van der Waals surface area contributed by atoms with E-state index in [1.165, 1.54) is 17.7 Å². The Bertz CT molecular complexity index is 752. The van der Waals surface area contributed by atoms with Gasteiger partial charge in [-0.05, 0) is 45.6 Å². The number of rotatable bonds is 8.